The van der Waals surface area contributed by atoms with Crippen molar-refractivity contribution in [1.82, 2.24) is 14.8 Å². The van der Waals surface area contributed by atoms with Crippen LogP contribution in [0.5, 0.6) is 0 Å². The maximum absolute atomic E-state index is 12.9. The molecule has 0 aliphatic heterocycles. The van der Waals surface area contributed by atoms with Gasteiger partial charge in [0, 0.05) is 4.47 Å². The Hall–Kier alpha value is -2.21. The van der Waals surface area contributed by atoms with Crippen molar-refractivity contribution in [2.24, 2.45) is 0 Å². The van der Waals surface area contributed by atoms with E-state index >= 15 is 0 Å². The van der Waals surface area contributed by atoms with Gasteiger partial charge in [-0.2, -0.15) is 5.10 Å². The Morgan fingerprint density at radius 1 is 1.10 bits per heavy atom. The SMILES string of the molecule is Nc1cn(-c2ccc(Br)cc2)nc1-c1ccc(F)cn1. The quantitative estimate of drug-likeness (QED) is 0.782. The summed E-state index contributed by atoms with van der Waals surface area (Å²) >= 11 is 3.38. The van der Waals surface area contributed by atoms with Gasteiger partial charge in [-0.25, -0.2) is 9.07 Å². The molecule has 0 unspecified atom stereocenters. The summed E-state index contributed by atoms with van der Waals surface area (Å²) in [5.41, 5.74) is 8.40. The Kier molecular flexibility index (Phi) is 3.23. The maximum atomic E-state index is 12.9. The van der Waals surface area contributed by atoms with Gasteiger partial charge in [0.1, 0.15) is 11.5 Å². The second kappa shape index (κ2) is 5.05. The molecule has 1 aromatic carbocycles. The van der Waals surface area contributed by atoms with Gasteiger partial charge < -0.3 is 5.73 Å². The van der Waals surface area contributed by atoms with Crippen molar-refractivity contribution in [1.29, 1.82) is 0 Å². The molecule has 3 aromatic rings. The smallest absolute Gasteiger partial charge is 0.141 e. The molecule has 100 valence electrons. The summed E-state index contributed by atoms with van der Waals surface area (Å²) in [5, 5.41) is 4.40. The number of hydrogen-bond acceptors (Lipinski definition) is 3. The zero-order valence-corrected chi connectivity index (χ0v) is 11.9. The van der Waals surface area contributed by atoms with Crippen molar-refractivity contribution in [3.05, 3.63) is 59.1 Å². The van der Waals surface area contributed by atoms with Crippen LogP contribution in [-0.4, -0.2) is 14.8 Å². The third kappa shape index (κ3) is 2.42. The maximum Gasteiger partial charge on any atom is 0.141 e. The van der Waals surface area contributed by atoms with E-state index in [-0.39, 0.29) is 5.82 Å². The van der Waals surface area contributed by atoms with Crippen LogP contribution in [0.4, 0.5) is 10.1 Å². The van der Waals surface area contributed by atoms with E-state index in [0.29, 0.717) is 17.1 Å². The van der Waals surface area contributed by atoms with Gasteiger partial charge in [0.15, 0.2) is 0 Å². The molecule has 0 spiro atoms. The summed E-state index contributed by atoms with van der Waals surface area (Å²) in [6, 6.07) is 10.6. The number of rotatable bonds is 2. The molecule has 4 nitrogen and oxygen atoms in total. The van der Waals surface area contributed by atoms with Crippen molar-refractivity contribution < 1.29 is 4.39 Å². The lowest BCUT2D eigenvalue weighted by Gasteiger charge is -2.00. The monoisotopic (exact) mass is 332 g/mol. The molecule has 0 amide bonds. The molecule has 0 radical (unpaired) electrons. The summed E-state index contributed by atoms with van der Waals surface area (Å²) in [6.07, 6.45) is 2.86. The van der Waals surface area contributed by atoms with Crippen molar-refractivity contribution in [2.75, 3.05) is 5.73 Å². The molecule has 2 heterocycles. The summed E-state index contributed by atoms with van der Waals surface area (Å²) in [4.78, 5) is 3.99. The van der Waals surface area contributed by atoms with Crippen LogP contribution in [0.25, 0.3) is 17.1 Å². The zero-order valence-electron chi connectivity index (χ0n) is 10.3. The lowest BCUT2D eigenvalue weighted by atomic mass is 10.2. The van der Waals surface area contributed by atoms with E-state index in [1.54, 1.807) is 16.9 Å². The molecule has 2 N–H and O–H groups in total. The first-order valence-corrected chi connectivity index (χ1v) is 6.66. The van der Waals surface area contributed by atoms with E-state index in [9.17, 15) is 4.39 Å². The number of pyridine rings is 1. The third-order valence-electron chi connectivity index (χ3n) is 2.80. The molecule has 0 aliphatic rings. The molecule has 3 rings (SSSR count). The van der Waals surface area contributed by atoms with E-state index in [4.69, 9.17) is 5.73 Å². The van der Waals surface area contributed by atoms with Gasteiger partial charge in [-0.15, -0.1) is 0 Å². The molecule has 0 saturated carbocycles. The van der Waals surface area contributed by atoms with E-state index in [0.717, 1.165) is 16.4 Å². The van der Waals surface area contributed by atoms with Crippen LogP contribution in [-0.2, 0) is 0 Å². The Morgan fingerprint density at radius 2 is 1.85 bits per heavy atom. The predicted octanol–water partition coefficient (Wildman–Crippen LogP) is 3.42. The van der Waals surface area contributed by atoms with Gasteiger partial charge in [0.2, 0.25) is 0 Å². The van der Waals surface area contributed by atoms with Crippen molar-refractivity contribution in [3.63, 3.8) is 0 Å². The van der Waals surface area contributed by atoms with Crippen molar-refractivity contribution in [3.8, 4) is 17.1 Å². The number of nitrogen functional groups attached to an aromatic ring is 1. The molecule has 6 heteroatoms. The standard InChI is InChI=1S/C14H10BrFN4/c15-9-1-4-11(5-2-9)20-8-12(17)14(19-20)13-6-3-10(16)7-18-13/h1-8H,17H2. The molecule has 0 saturated heterocycles. The van der Waals surface area contributed by atoms with Gasteiger partial charge >= 0.3 is 0 Å². The minimum atomic E-state index is -0.389. The van der Waals surface area contributed by atoms with Crippen LogP contribution in [0.1, 0.15) is 0 Å². The number of halogens is 2. The van der Waals surface area contributed by atoms with E-state index < -0.39 is 0 Å². The molecule has 20 heavy (non-hydrogen) atoms. The molecule has 0 fully saturated rings. The predicted molar refractivity (Wildman–Crippen MR) is 78.9 cm³/mol. The van der Waals surface area contributed by atoms with Crippen molar-refractivity contribution in [2.45, 2.75) is 0 Å². The second-order valence-electron chi connectivity index (χ2n) is 4.22. The third-order valence-corrected chi connectivity index (χ3v) is 3.33. The number of benzene rings is 1. The van der Waals surface area contributed by atoms with Crippen LogP contribution in [0.3, 0.4) is 0 Å². The number of nitrogens with two attached hydrogens (primary N) is 1. The molecule has 0 aliphatic carbocycles. The van der Waals surface area contributed by atoms with E-state index in [2.05, 4.69) is 26.0 Å². The summed E-state index contributed by atoms with van der Waals surface area (Å²) < 4.78 is 15.5. The molecular weight excluding hydrogens is 323 g/mol. The number of anilines is 1. The molecule has 2 aromatic heterocycles. The van der Waals surface area contributed by atoms with Crippen LogP contribution in [0.2, 0.25) is 0 Å². The van der Waals surface area contributed by atoms with Gasteiger partial charge in [-0.05, 0) is 36.4 Å². The summed E-state index contributed by atoms with van der Waals surface area (Å²) in [5.74, 6) is -0.389. The minimum Gasteiger partial charge on any atom is -0.396 e. The first kappa shape index (κ1) is 12.8. The van der Waals surface area contributed by atoms with E-state index in [1.165, 1.54) is 6.07 Å². The fourth-order valence-corrected chi connectivity index (χ4v) is 2.09. The highest BCUT2D eigenvalue weighted by molar-refractivity contribution is 9.10. The van der Waals surface area contributed by atoms with Crippen LogP contribution < -0.4 is 5.73 Å². The minimum absolute atomic E-state index is 0.389. The molecular formula is C14H10BrFN4. The highest BCUT2D eigenvalue weighted by Crippen LogP contribution is 2.24. The Balaban J connectivity index is 2.02. The molecule has 0 bridgehead atoms. The van der Waals surface area contributed by atoms with Gasteiger partial charge in [0.25, 0.3) is 0 Å². The number of aromatic nitrogens is 3. The number of nitrogens with zero attached hydrogens (tertiary/aromatic N) is 3. The second-order valence-corrected chi connectivity index (χ2v) is 5.13. The van der Waals surface area contributed by atoms with Gasteiger partial charge in [-0.3, -0.25) is 4.98 Å². The fraction of sp³-hybridized carbons (Fsp3) is 0. The first-order valence-electron chi connectivity index (χ1n) is 5.86. The van der Waals surface area contributed by atoms with Gasteiger partial charge in [0.05, 0.1) is 29.5 Å². The Morgan fingerprint density at radius 3 is 2.50 bits per heavy atom. The van der Waals surface area contributed by atoms with Gasteiger partial charge in [-0.1, -0.05) is 15.9 Å². The lowest BCUT2D eigenvalue weighted by Crippen LogP contribution is -1.95. The summed E-state index contributed by atoms with van der Waals surface area (Å²) in [7, 11) is 0. The van der Waals surface area contributed by atoms with Crippen LogP contribution in [0.15, 0.2) is 53.3 Å². The highest BCUT2D eigenvalue weighted by atomic mass is 79.9. The summed E-state index contributed by atoms with van der Waals surface area (Å²) in [6.45, 7) is 0. The normalized spacial score (nSPS) is 10.7. The van der Waals surface area contributed by atoms with Crippen molar-refractivity contribution >= 4 is 21.6 Å². The average Bonchev–Trinajstić information content (AvgIpc) is 2.82. The first-order chi connectivity index (χ1) is 9.63. The fourth-order valence-electron chi connectivity index (χ4n) is 1.83. The topological polar surface area (TPSA) is 56.7 Å². The largest absolute Gasteiger partial charge is 0.396 e. The van der Waals surface area contributed by atoms with Crippen LogP contribution in [0, 0.1) is 5.82 Å². The van der Waals surface area contributed by atoms with E-state index in [1.807, 2.05) is 24.3 Å². The Labute approximate surface area is 123 Å². The highest BCUT2D eigenvalue weighted by Gasteiger charge is 2.11. The Bertz CT molecular complexity index is 735. The molecule has 0 atom stereocenters. The lowest BCUT2D eigenvalue weighted by molar-refractivity contribution is 0.621. The zero-order chi connectivity index (χ0) is 14.1. The van der Waals surface area contributed by atoms with Crippen LogP contribution >= 0.6 is 15.9 Å². The average molecular weight is 333 g/mol. The number of hydrogen-bond donors (Lipinski definition) is 1.